The highest BCUT2D eigenvalue weighted by Crippen LogP contribution is 2.38. The van der Waals surface area contributed by atoms with Gasteiger partial charge in [0.15, 0.2) is 17.5 Å². The van der Waals surface area contributed by atoms with Crippen molar-refractivity contribution in [2.45, 2.75) is 26.8 Å². The highest BCUT2D eigenvalue weighted by molar-refractivity contribution is 14.0. The first-order chi connectivity index (χ1) is 15.0. The van der Waals surface area contributed by atoms with Gasteiger partial charge in [-0.3, -0.25) is 9.89 Å². The molecule has 1 fully saturated rings. The van der Waals surface area contributed by atoms with Crippen molar-refractivity contribution in [2.24, 2.45) is 10.9 Å². The topological polar surface area (TPSA) is 67.8 Å². The molecular formula is C23H41IN4O4. The molecule has 0 amide bonds. The van der Waals surface area contributed by atoms with Crippen LogP contribution in [0.25, 0.3) is 0 Å². The zero-order valence-corrected chi connectivity index (χ0v) is 22.8. The smallest absolute Gasteiger partial charge is 0.203 e. The second-order valence-electron chi connectivity index (χ2n) is 8.09. The lowest BCUT2D eigenvalue weighted by Crippen LogP contribution is -2.52. The van der Waals surface area contributed by atoms with Crippen LogP contribution in [0.3, 0.4) is 0 Å². The second kappa shape index (κ2) is 15.4. The van der Waals surface area contributed by atoms with Crippen molar-refractivity contribution in [1.29, 1.82) is 0 Å². The Balaban J connectivity index is 0.00000512. The lowest BCUT2D eigenvalue weighted by molar-refractivity contribution is 0.108. The van der Waals surface area contributed by atoms with Crippen LogP contribution in [0, 0.1) is 5.92 Å². The third kappa shape index (κ3) is 8.82. The number of benzene rings is 1. The third-order valence-electron chi connectivity index (χ3n) is 5.21. The first-order valence-corrected chi connectivity index (χ1v) is 11.1. The largest absolute Gasteiger partial charge is 0.493 e. The van der Waals surface area contributed by atoms with Crippen molar-refractivity contribution in [3.63, 3.8) is 0 Å². The maximum atomic E-state index is 5.65. The van der Waals surface area contributed by atoms with Crippen LogP contribution in [-0.4, -0.2) is 90.1 Å². The zero-order valence-electron chi connectivity index (χ0n) is 20.5. The molecule has 184 valence electrons. The molecule has 1 aromatic rings. The van der Waals surface area contributed by atoms with Crippen LogP contribution in [0.1, 0.15) is 25.8 Å². The average Bonchev–Trinajstić information content (AvgIpc) is 2.78. The van der Waals surface area contributed by atoms with E-state index in [2.05, 4.69) is 34.0 Å². The van der Waals surface area contributed by atoms with E-state index in [1.807, 2.05) is 19.2 Å². The molecule has 2 rings (SSSR count). The molecule has 1 aliphatic heterocycles. The van der Waals surface area contributed by atoms with E-state index in [-0.39, 0.29) is 24.0 Å². The number of methoxy groups -OCH3 is 3. The third-order valence-corrected chi connectivity index (χ3v) is 5.21. The average molecular weight is 565 g/mol. The number of hydrogen-bond acceptors (Lipinski definition) is 6. The van der Waals surface area contributed by atoms with E-state index in [0.717, 1.165) is 70.4 Å². The molecule has 0 saturated carbocycles. The summed E-state index contributed by atoms with van der Waals surface area (Å²) in [5, 5.41) is 3.47. The summed E-state index contributed by atoms with van der Waals surface area (Å²) in [4.78, 5) is 9.21. The van der Waals surface area contributed by atoms with Crippen molar-refractivity contribution < 1.29 is 18.9 Å². The van der Waals surface area contributed by atoms with Crippen LogP contribution in [-0.2, 0) is 11.3 Å². The summed E-state index contributed by atoms with van der Waals surface area (Å²) in [6, 6.07) is 4.05. The monoisotopic (exact) mass is 564 g/mol. The van der Waals surface area contributed by atoms with Gasteiger partial charge in [0.25, 0.3) is 0 Å². The number of nitrogens with zero attached hydrogens (tertiary/aromatic N) is 3. The van der Waals surface area contributed by atoms with E-state index in [0.29, 0.717) is 23.2 Å². The number of guanidine groups is 1. The Morgan fingerprint density at radius 2 is 1.66 bits per heavy atom. The summed E-state index contributed by atoms with van der Waals surface area (Å²) < 4.78 is 22.0. The van der Waals surface area contributed by atoms with Gasteiger partial charge in [-0.15, -0.1) is 24.0 Å². The van der Waals surface area contributed by atoms with Crippen molar-refractivity contribution in [3.8, 4) is 17.2 Å². The van der Waals surface area contributed by atoms with Gasteiger partial charge >= 0.3 is 0 Å². The number of hydrogen-bond donors (Lipinski definition) is 1. The number of aliphatic imine (C=N–C) groups is 1. The SMILES string of the molecule is CN=C(NCCCOCC(C)C)N1CCN(Cc2cc(OC)c(OC)c(OC)c2)CC1.I. The molecule has 0 unspecified atom stereocenters. The maximum Gasteiger partial charge on any atom is 0.203 e. The lowest BCUT2D eigenvalue weighted by Gasteiger charge is -2.36. The Kier molecular flexibility index (Phi) is 13.7. The molecule has 0 aliphatic carbocycles. The highest BCUT2D eigenvalue weighted by atomic mass is 127. The molecule has 0 bridgehead atoms. The molecular weight excluding hydrogens is 523 g/mol. The normalized spacial score (nSPS) is 14.8. The predicted molar refractivity (Wildman–Crippen MR) is 140 cm³/mol. The van der Waals surface area contributed by atoms with E-state index < -0.39 is 0 Å². The van der Waals surface area contributed by atoms with E-state index in [4.69, 9.17) is 18.9 Å². The van der Waals surface area contributed by atoms with Gasteiger partial charge in [0, 0.05) is 59.5 Å². The van der Waals surface area contributed by atoms with Crippen LogP contribution >= 0.6 is 24.0 Å². The summed E-state index contributed by atoms with van der Waals surface area (Å²) in [6.45, 7) is 11.5. The number of halogens is 1. The van der Waals surface area contributed by atoms with Gasteiger partial charge in [-0.2, -0.15) is 0 Å². The fourth-order valence-corrected chi connectivity index (χ4v) is 3.63. The standard InChI is InChI=1S/C23H40N4O4.HI/c1-18(2)17-31-13-7-8-25-23(24-3)27-11-9-26(10-12-27)16-19-14-20(28-4)22(30-6)21(15-19)29-5;/h14-15,18H,7-13,16-17H2,1-6H3,(H,24,25);1H. The first kappa shape index (κ1) is 28.6. The van der Waals surface area contributed by atoms with E-state index in [1.54, 1.807) is 21.3 Å². The number of nitrogens with one attached hydrogen (secondary N) is 1. The number of piperazine rings is 1. The summed E-state index contributed by atoms with van der Waals surface area (Å²) in [7, 11) is 6.77. The minimum absolute atomic E-state index is 0. The summed E-state index contributed by atoms with van der Waals surface area (Å²) in [5.74, 6) is 3.56. The van der Waals surface area contributed by atoms with Gasteiger partial charge in [0.05, 0.1) is 21.3 Å². The first-order valence-electron chi connectivity index (χ1n) is 11.1. The van der Waals surface area contributed by atoms with Crippen molar-refractivity contribution >= 4 is 29.9 Å². The van der Waals surface area contributed by atoms with Crippen molar-refractivity contribution in [1.82, 2.24) is 15.1 Å². The molecule has 0 radical (unpaired) electrons. The van der Waals surface area contributed by atoms with Crippen LogP contribution in [0.4, 0.5) is 0 Å². The Morgan fingerprint density at radius 1 is 1.03 bits per heavy atom. The molecule has 32 heavy (non-hydrogen) atoms. The Morgan fingerprint density at radius 3 is 2.16 bits per heavy atom. The minimum Gasteiger partial charge on any atom is -0.493 e. The molecule has 1 N–H and O–H groups in total. The lowest BCUT2D eigenvalue weighted by atomic mass is 10.1. The Hall–Kier alpha value is -1.46. The van der Waals surface area contributed by atoms with Gasteiger partial charge in [-0.25, -0.2) is 0 Å². The summed E-state index contributed by atoms with van der Waals surface area (Å²) in [6.07, 6.45) is 0.979. The molecule has 1 heterocycles. The van der Waals surface area contributed by atoms with Gasteiger partial charge in [0.1, 0.15) is 0 Å². The van der Waals surface area contributed by atoms with E-state index in [1.165, 1.54) is 0 Å². The molecule has 8 nitrogen and oxygen atoms in total. The summed E-state index contributed by atoms with van der Waals surface area (Å²) in [5.41, 5.74) is 1.15. The van der Waals surface area contributed by atoms with Gasteiger partial charge in [-0.05, 0) is 30.0 Å². The minimum atomic E-state index is 0. The fraction of sp³-hybridized carbons (Fsp3) is 0.696. The van der Waals surface area contributed by atoms with Crippen LogP contribution in [0.5, 0.6) is 17.2 Å². The molecule has 1 aliphatic rings. The fourth-order valence-electron chi connectivity index (χ4n) is 3.63. The molecule has 0 spiro atoms. The zero-order chi connectivity index (χ0) is 22.6. The predicted octanol–water partition coefficient (Wildman–Crippen LogP) is 3.09. The van der Waals surface area contributed by atoms with Crippen LogP contribution in [0.15, 0.2) is 17.1 Å². The van der Waals surface area contributed by atoms with Gasteiger partial charge in [-0.1, -0.05) is 13.8 Å². The van der Waals surface area contributed by atoms with E-state index >= 15 is 0 Å². The van der Waals surface area contributed by atoms with E-state index in [9.17, 15) is 0 Å². The molecule has 9 heteroatoms. The quantitative estimate of drug-likeness (QED) is 0.192. The number of rotatable bonds is 11. The second-order valence-corrected chi connectivity index (χ2v) is 8.09. The number of ether oxygens (including phenoxy) is 4. The highest BCUT2D eigenvalue weighted by Gasteiger charge is 2.21. The summed E-state index contributed by atoms with van der Waals surface area (Å²) >= 11 is 0. The molecule has 1 saturated heterocycles. The Bertz CT molecular complexity index is 670. The molecule has 1 aromatic carbocycles. The Labute approximate surface area is 210 Å². The van der Waals surface area contributed by atoms with Crippen LogP contribution in [0.2, 0.25) is 0 Å². The van der Waals surface area contributed by atoms with Gasteiger partial charge < -0.3 is 29.2 Å². The molecule has 0 atom stereocenters. The van der Waals surface area contributed by atoms with Gasteiger partial charge in [0.2, 0.25) is 5.75 Å². The van der Waals surface area contributed by atoms with Crippen molar-refractivity contribution in [3.05, 3.63) is 17.7 Å². The maximum absolute atomic E-state index is 5.65. The van der Waals surface area contributed by atoms with Crippen molar-refractivity contribution in [2.75, 3.05) is 74.3 Å². The van der Waals surface area contributed by atoms with Crippen LogP contribution < -0.4 is 19.5 Å². The molecule has 0 aromatic heterocycles.